The van der Waals surface area contributed by atoms with Crippen molar-refractivity contribution in [3.8, 4) is 11.5 Å². The number of carbonyl (C=O) groups is 1. The van der Waals surface area contributed by atoms with Crippen LogP contribution >= 0.6 is 0 Å². The Morgan fingerprint density at radius 2 is 1.82 bits per heavy atom. The van der Waals surface area contributed by atoms with E-state index in [0.29, 0.717) is 6.07 Å². The van der Waals surface area contributed by atoms with E-state index < -0.39 is 50.5 Å². The van der Waals surface area contributed by atoms with Crippen LogP contribution < -0.4 is 19.5 Å². The molecule has 0 fully saturated rings. The van der Waals surface area contributed by atoms with Gasteiger partial charge >= 0.3 is 6.36 Å². The monoisotopic (exact) mass is 494 g/mol. The van der Waals surface area contributed by atoms with Gasteiger partial charge in [-0.05, 0) is 37.1 Å². The molecule has 1 amide bonds. The number of alkyl halides is 3. The number of ether oxygens (including phenoxy) is 2. The average Bonchev–Trinajstić information content (AvgIpc) is 2.69. The van der Waals surface area contributed by atoms with Crippen molar-refractivity contribution in [2.75, 3.05) is 16.6 Å². The molecule has 0 aliphatic rings. The predicted octanol–water partition coefficient (Wildman–Crippen LogP) is 3.88. The number of sulfonamides is 1. The van der Waals surface area contributed by atoms with Crippen LogP contribution in [0.3, 0.4) is 0 Å². The average molecular weight is 494 g/mol. The van der Waals surface area contributed by atoms with Crippen LogP contribution in [0.15, 0.2) is 41.3 Å². The fourth-order valence-electron chi connectivity index (χ4n) is 2.59. The molecule has 182 valence electrons. The third kappa shape index (κ3) is 6.96. The minimum absolute atomic E-state index is 0.0256. The molecule has 3 N–H and O–H groups in total. The van der Waals surface area contributed by atoms with Gasteiger partial charge in [-0.1, -0.05) is 19.9 Å². The van der Waals surface area contributed by atoms with Gasteiger partial charge in [0, 0.05) is 11.8 Å². The molecule has 8 nitrogen and oxygen atoms in total. The number of carbonyl (C=O) groups excluding carboxylic acids is 1. The number of benzene rings is 2. The van der Waals surface area contributed by atoms with Gasteiger partial charge in [0.05, 0.1) is 12.3 Å². The van der Waals surface area contributed by atoms with Crippen LogP contribution in [0.25, 0.3) is 0 Å². The van der Waals surface area contributed by atoms with Crippen molar-refractivity contribution in [2.24, 2.45) is 5.92 Å². The van der Waals surface area contributed by atoms with E-state index in [4.69, 9.17) is 4.74 Å². The molecule has 2 aromatic rings. The molecule has 33 heavy (non-hydrogen) atoms. The van der Waals surface area contributed by atoms with Gasteiger partial charge < -0.3 is 19.9 Å². The third-order valence-corrected chi connectivity index (χ3v) is 5.54. The maximum atomic E-state index is 14.4. The Morgan fingerprint density at radius 1 is 1.15 bits per heavy atom. The van der Waals surface area contributed by atoms with Crippen LogP contribution in [-0.2, 0) is 14.8 Å². The number of aliphatic hydroxyl groups is 1. The summed E-state index contributed by atoms with van der Waals surface area (Å²) in [6.45, 7) is 4.85. The standard InChI is InChI=1S/C20H22F4N2O6S/c1-4-31-15-10-12(25-19(28)18(27)11(2)3)8-9-16(15)33(29,30)26-13-6-5-7-14(17(13)21)32-20(22,23)24/h5-11,18,26-27H,4H2,1-3H3,(H,25,28)/t18-/m0/s1. The minimum Gasteiger partial charge on any atom is -0.492 e. The maximum absolute atomic E-state index is 14.4. The highest BCUT2D eigenvalue weighted by Crippen LogP contribution is 2.33. The van der Waals surface area contributed by atoms with E-state index in [1.807, 2.05) is 4.72 Å². The Kier molecular flexibility index (Phi) is 8.14. The zero-order chi connectivity index (χ0) is 25.0. The van der Waals surface area contributed by atoms with E-state index in [0.717, 1.165) is 18.2 Å². The van der Waals surface area contributed by atoms with E-state index in [9.17, 15) is 35.9 Å². The van der Waals surface area contributed by atoms with Crippen molar-refractivity contribution in [1.29, 1.82) is 0 Å². The van der Waals surface area contributed by atoms with E-state index in [2.05, 4.69) is 10.1 Å². The third-order valence-electron chi connectivity index (χ3n) is 4.13. The molecule has 0 spiro atoms. The molecule has 0 bridgehead atoms. The quantitative estimate of drug-likeness (QED) is 0.456. The number of aliphatic hydroxyl groups excluding tert-OH is 1. The molecule has 0 unspecified atom stereocenters. The Hall–Kier alpha value is -3.06. The van der Waals surface area contributed by atoms with E-state index in [-0.39, 0.29) is 24.0 Å². The number of hydrogen-bond acceptors (Lipinski definition) is 6. The largest absolute Gasteiger partial charge is 0.573 e. The molecule has 0 saturated carbocycles. The number of halogens is 4. The molecule has 0 radical (unpaired) electrons. The predicted molar refractivity (Wildman–Crippen MR) is 111 cm³/mol. The number of hydrogen-bond donors (Lipinski definition) is 3. The van der Waals surface area contributed by atoms with E-state index in [1.165, 1.54) is 12.1 Å². The van der Waals surface area contributed by atoms with Crippen molar-refractivity contribution in [2.45, 2.75) is 38.1 Å². The summed E-state index contributed by atoms with van der Waals surface area (Å²) in [6, 6.07) is 6.03. The van der Waals surface area contributed by atoms with Crippen LogP contribution in [0.2, 0.25) is 0 Å². The van der Waals surface area contributed by atoms with Crippen molar-refractivity contribution >= 4 is 27.3 Å². The van der Waals surface area contributed by atoms with Gasteiger partial charge in [-0.3, -0.25) is 9.52 Å². The van der Waals surface area contributed by atoms with Crippen LogP contribution in [0.4, 0.5) is 28.9 Å². The topological polar surface area (TPSA) is 114 Å². The number of amides is 1. The summed E-state index contributed by atoms with van der Waals surface area (Å²) in [6.07, 6.45) is -6.48. The van der Waals surface area contributed by atoms with Gasteiger partial charge in [0.15, 0.2) is 11.6 Å². The SMILES string of the molecule is CCOc1cc(NC(=O)[C@@H](O)C(C)C)ccc1S(=O)(=O)Nc1cccc(OC(F)(F)F)c1F. The molecule has 2 rings (SSSR count). The molecule has 0 aliphatic carbocycles. The van der Waals surface area contributed by atoms with Gasteiger partial charge in [0.2, 0.25) is 0 Å². The molecule has 13 heteroatoms. The molecule has 1 atom stereocenters. The first-order valence-corrected chi connectivity index (χ1v) is 11.1. The van der Waals surface area contributed by atoms with Crippen LogP contribution in [-0.4, -0.2) is 38.5 Å². The molecular weight excluding hydrogens is 472 g/mol. The van der Waals surface area contributed by atoms with Crippen molar-refractivity contribution in [3.05, 3.63) is 42.2 Å². The molecule has 0 aliphatic heterocycles. The first-order chi connectivity index (χ1) is 15.2. The number of rotatable bonds is 9. The van der Waals surface area contributed by atoms with Crippen LogP contribution in [0.5, 0.6) is 11.5 Å². The Balaban J connectivity index is 2.37. The van der Waals surface area contributed by atoms with Gasteiger partial charge in [-0.15, -0.1) is 13.2 Å². The van der Waals surface area contributed by atoms with E-state index >= 15 is 0 Å². The molecular formula is C20H22F4N2O6S. The lowest BCUT2D eigenvalue weighted by atomic mass is 10.1. The number of anilines is 2. The normalized spacial score (nSPS) is 12.9. The highest BCUT2D eigenvalue weighted by atomic mass is 32.2. The summed E-state index contributed by atoms with van der Waals surface area (Å²) in [5.74, 6) is -4.08. The highest BCUT2D eigenvalue weighted by Gasteiger charge is 2.33. The van der Waals surface area contributed by atoms with Gasteiger partial charge in [0.25, 0.3) is 15.9 Å². The Bertz CT molecular complexity index is 1110. The van der Waals surface area contributed by atoms with Gasteiger partial charge in [-0.2, -0.15) is 0 Å². The maximum Gasteiger partial charge on any atom is 0.573 e. The summed E-state index contributed by atoms with van der Waals surface area (Å²) >= 11 is 0. The molecule has 0 heterocycles. The lowest BCUT2D eigenvalue weighted by molar-refractivity contribution is -0.275. The summed E-state index contributed by atoms with van der Waals surface area (Å²) in [5.41, 5.74) is -0.662. The van der Waals surface area contributed by atoms with E-state index in [1.54, 1.807) is 20.8 Å². The zero-order valence-corrected chi connectivity index (χ0v) is 18.6. The Morgan fingerprint density at radius 3 is 2.39 bits per heavy atom. The second-order valence-corrected chi connectivity index (χ2v) is 8.69. The number of nitrogens with one attached hydrogen (secondary N) is 2. The highest BCUT2D eigenvalue weighted by molar-refractivity contribution is 7.92. The van der Waals surface area contributed by atoms with Crippen LogP contribution in [0.1, 0.15) is 20.8 Å². The first kappa shape index (κ1) is 26.2. The second kappa shape index (κ2) is 10.3. The van der Waals surface area contributed by atoms with Crippen LogP contribution in [0, 0.1) is 11.7 Å². The molecule has 0 saturated heterocycles. The summed E-state index contributed by atoms with van der Waals surface area (Å²) in [7, 11) is -4.54. The van der Waals surface area contributed by atoms with Crippen molar-refractivity contribution in [1.82, 2.24) is 0 Å². The van der Waals surface area contributed by atoms with Gasteiger partial charge in [-0.25, -0.2) is 12.8 Å². The lowest BCUT2D eigenvalue weighted by Crippen LogP contribution is -2.31. The smallest absolute Gasteiger partial charge is 0.492 e. The fraction of sp³-hybridized carbons (Fsp3) is 0.350. The fourth-order valence-corrected chi connectivity index (χ4v) is 3.77. The zero-order valence-electron chi connectivity index (χ0n) is 17.7. The second-order valence-electron chi connectivity index (χ2n) is 7.04. The van der Waals surface area contributed by atoms with Crippen molar-refractivity contribution in [3.63, 3.8) is 0 Å². The summed E-state index contributed by atoms with van der Waals surface area (Å²) < 4.78 is 88.1. The summed E-state index contributed by atoms with van der Waals surface area (Å²) in [5, 5.41) is 12.3. The van der Waals surface area contributed by atoms with Gasteiger partial charge in [0.1, 0.15) is 16.7 Å². The Labute approximate surface area is 187 Å². The lowest BCUT2D eigenvalue weighted by Gasteiger charge is -2.17. The molecule has 0 aromatic heterocycles. The first-order valence-electron chi connectivity index (χ1n) is 9.58. The summed E-state index contributed by atoms with van der Waals surface area (Å²) in [4.78, 5) is 11.6. The molecule has 2 aromatic carbocycles. The van der Waals surface area contributed by atoms with Crippen molar-refractivity contribution < 1.29 is 45.4 Å². The minimum atomic E-state index is -5.18.